The van der Waals surface area contributed by atoms with E-state index < -0.39 is 144 Å². The van der Waals surface area contributed by atoms with Gasteiger partial charge in [0.2, 0.25) is 29.5 Å². The second kappa shape index (κ2) is 42.4. The Morgan fingerprint density at radius 3 is 1.22 bits per heavy atom. The fourth-order valence-corrected chi connectivity index (χ4v) is 14.6. The fraction of sp³-hybridized carbons (Fsp3) is 0.513. The molecule has 4 aliphatic heterocycles. The molecule has 1 unspecified atom stereocenters. The van der Waals surface area contributed by atoms with E-state index >= 15 is 0 Å². The SMILES string of the molecule is N#C[C@@H]1CC(F)(F)CN1C(=O)CNC(=O)c1ccnc2ccc(OCCCCNc3c(NCCNC(=O)CN(CC(=O)NCCNc4c(NCCCCOc5ccc6nccc(C(=O)NCC(=O)N7CC(F)(F)C[C@@H]7C#N)c6c5)c(=O)c4=O)C4CCN(C(=O)CN5CCN(CC(=O)O)CCN(CC(=O)O)CCN(CC(=O)O)CC5)C4)c(=O)c3=O)cc12. The molecular formula is C78H94F4N20O19. The maximum absolute atomic E-state index is 14.3. The van der Waals surface area contributed by atoms with E-state index in [1.165, 1.54) is 24.5 Å². The molecule has 4 saturated heterocycles. The van der Waals surface area contributed by atoms with Crippen molar-refractivity contribution in [2.75, 3.05) is 205 Å². The van der Waals surface area contributed by atoms with Gasteiger partial charge >= 0.3 is 17.9 Å². The molecule has 121 heavy (non-hydrogen) atoms. The van der Waals surface area contributed by atoms with Gasteiger partial charge < -0.3 is 82.0 Å². The highest BCUT2D eigenvalue weighted by molar-refractivity contribution is 6.08. The number of aliphatic carboxylic acids is 3. The first kappa shape index (κ1) is 90.7. The van der Waals surface area contributed by atoms with Crippen molar-refractivity contribution < 1.29 is 90.3 Å². The quantitative estimate of drug-likeness (QED) is 0.0120. The van der Waals surface area contributed by atoms with E-state index in [2.05, 4.69) is 52.5 Å². The lowest BCUT2D eigenvalue weighted by Crippen LogP contribution is -2.51. The number of carbonyl (C=O) groups excluding carboxylic acids is 7. The number of halogens is 4. The lowest BCUT2D eigenvalue weighted by Gasteiger charge is -2.33. The molecule has 648 valence electrons. The molecule has 0 saturated carbocycles. The molecule has 10 rings (SSSR count). The van der Waals surface area contributed by atoms with Crippen LogP contribution in [-0.4, -0.2) is 337 Å². The van der Waals surface area contributed by atoms with E-state index in [-0.39, 0.29) is 197 Å². The number of alkyl halides is 4. The Morgan fingerprint density at radius 1 is 0.479 bits per heavy atom. The molecular weight excluding hydrogens is 1600 g/mol. The molecule has 4 fully saturated rings. The highest BCUT2D eigenvalue weighted by atomic mass is 19.3. The Bertz CT molecular complexity index is 4750. The van der Waals surface area contributed by atoms with E-state index in [0.29, 0.717) is 65.4 Å². The van der Waals surface area contributed by atoms with Gasteiger partial charge in [-0.3, -0.25) is 102 Å². The molecule has 7 amide bonds. The number of benzene rings is 2. The zero-order valence-electron chi connectivity index (χ0n) is 66.0. The van der Waals surface area contributed by atoms with Crippen LogP contribution in [0.15, 0.2) is 80.1 Å². The number of nitrogens with one attached hydrogen (secondary N) is 8. The first-order valence-electron chi connectivity index (χ1n) is 39.3. The lowest BCUT2D eigenvalue weighted by molar-refractivity contribution is -0.140. The van der Waals surface area contributed by atoms with Gasteiger partial charge in [-0.1, -0.05) is 0 Å². The third-order valence-electron chi connectivity index (χ3n) is 20.9. The van der Waals surface area contributed by atoms with Gasteiger partial charge in [0.25, 0.3) is 45.4 Å². The first-order valence-corrected chi connectivity index (χ1v) is 39.3. The number of carbonyl (C=O) groups is 10. The normalized spacial score (nSPS) is 17.9. The zero-order valence-corrected chi connectivity index (χ0v) is 66.0. The largest absolute Gasteiger partial charge is 0.494 e. The number of pyridine rings is 2. The van der Waals surface area contributed by atoms with Gasteiger partial charge in [0.1, 0.15) is 46.3 Å². The molecule has 0 spiro atoms. The van der Waals surface area contributed by atoms with Gasteiger partial charge in [-0.2, -0.15) is 10.5 Å². The van der Waals surface area contributed by atoms with E-state index in [0.717, 1.165) is 9.80 Å². The molecule has 2 aromatic heterocycles. The second-order valence-electron chi connectivity index (χ2n) is 29.7. The number of nitriles is 2. The van der Waals surface area contributed by atoms with Crippen molar-refractivity contribution in [1.82, 2.24) is 70.4 Å². The second-order valence-corrected chi connectivity index (χ2v) is 29.7. The standard InChI is InChI=1S/C78H94F4N20O19/c79-77(80)33-49(35-83)101(46-77)61(105)37-93-75(118)53-9-14-85-57-7-5-51(31-55(53)57)120-29-3-1-12-89-67-69(73(116)71(67)114)91-18-16-87-59(103)40-100(48-11-20-99(39-48)63(107)42-95-21-23-96(43-64(108)109)25-27-98(45-66(112)113)28-26-97(24-22-95)44-65(110)111)41-60(104)88-17-19-92-70-68(72(115)74(70)117)90-13-2-4-30-121-52-6-8-58-56(32-52)54(10-15-86-58)76(119)94-38-62(106)102-47-78(81,82)34-50(102)36-84/h5-10,14-15,31-32,48-50,89-92H,1-4,11-13,16-30,33-34,37-47H2,(H,87,103)(H,88,104)(H,93,118)(H,94,119)(H,108,109)(H,110,111)(H,112,113)/t48?,49-,50+. The van der Waals surface area contributed by atoms with Crippen molar-refractivity contribution in [1.29, 1.82) is 10.5 Å². The third kappa shape index (κ3) is 25.5. The summed E-state index contributed by atoms with van der Waals surface area (Å²) in [6.07, 6.45) is 3.27. The van der Waals surface area contributed by atoms with Gasteiger partial charge in [-0.25, -0.2) is 17.6 Å². The number of rotatable bonds is 41. The molecule has 0 bridgehead atoms. The molecule has 6 aromatic rings. The summed E-state index contributed by atoms with van der Waals surface area (Å²) in [6.45, 7) is -2.96. The predicted octanol–water partition coefficient (Wildman–Crippen LogP) is -1.37. The molecule has 11 N–H and O–H groups in total. The minimum Gasteiger partial charge on any atom is -0.494 e. The molecule has 4 aromatic carbocycles. The lowest BCUT2D eigenvalue weighted by atomic mass is 10.1. The summed E-state index contributed by atoms with van der Waals surface area (Å²) in [5.74, 6) is -13.6. The Hall–Kier alpha value is -12.6. The maximum Gasteiger partial charge on any atom is 0.317 e. The van der Waals surface area contributed by atoms with Crippen molar-refractivity contribution in [3.63, 3.8) is 0 Å². The van der Waals surface area contributed by atoms with E-state index in [4.69, 9.17) is 9.47 Å². The molecule has 43 heteroatoms. The predicted molar refractivity (Wildman–Crippen MR) is 427 cm³/mol. The number of fused-ring (bicyclic) bond motifs is 2. The average Bonchev–Trinajstić information content (AvgIpc) is 1.51. The Labute approximate surface area is 688 Å². The Morgan fingerprint density at radius 2 is 0.851 bits per heavy atom. The summed E-state index contributed by atoms with van der Waals surface area (Å²) in [4.78, 5) is 201. The van der Waals surface area contributed by atoms with Crippen LogP contribution in [0, 0.1) is 22.7 Å². The molecule has 39 nitrogen and oxygen atoms in total. The highest BCUT2D eigenvalue weighted by Crippen LogP contribution is 2.34. The molecule has 0 radical (unpaired) electrons. The number of aromatic nitrogens is 2. The molecule has 6 heterocycles. The minimum absolute atomic E-state index is 0.00478. The Kier molecular flexibility index (Phi) is 31.8. The number of likely N-dealkylation sites (tertiary alicyclic amines) is 3. The van der Waals surface area contributed by atoms with Crippen LogP contribution in [0.4, 0.5) is 40.3 Å². The van der Waals surface area contributed by atoms with Crippen molar-refractivity contribution >= 4 is 104 Å². The number of hydrogen-bond acceptors (Lipinski definition) is 29. The van der Waals surface area contributed by atoms with Crippen molar-refractivity contribution in [3.05, 3.63) is 113 Å². The molecule has 4 aliphatic rings. The van der Waals surface area contributed by atoms with Crippen molar-refractivity contribution in [2.24, 2.45) is 0 Å². The summed E-state index contributed by atoms with van der Waals surface area (Å²) in [5, 5.41) is 70.5. The summed E-state index contributed by atoms with van der Waals surface area (Å²) in [7, 11) is 0. The summed E-state index contributed by atoms with van der Waals surface area (Å²) >= 11 is 0. The smallest absolute Gasteiger partial charge is 0.317 e. The van der Waals surface area contributed by atoms with Crippen LogP contribution in [0.5, 0.6) is 11.5 Å². The number of carboxylic acids is 3. The zero-order chi connectivity index (χ0) is 87.1. The summed E-state index contributed by atoms with van der Waals surface area (Å²) < 4.78 is 67.8. The van der Waals surface area contributed by atoms with Crippen LogP contribution in [0.2, 0.25) is 0 Å². The van der Waals surface area contributed by atoms with Gasteiger partial charge in [0.15, 0.2) is 0 Å². The van der Waals surface area contributed by atoms with Crippen LogP contribution in [0.1, 0.15) is 65.7 Å². The fourth-order valence-electron chi connectivity index (χ4n) is 14.6. The number of ether oxygens (including phenoxy) is 2. The number of anilines is 4. The van der Waals surface area contributed by atoms with Gasteiger partial charge in [-0.15, -0.1) is 0 Å². The van der Waals surface area contributed by atoms with Crippen LogP contribution in [0.25, 0.3) is 21.8 Å². The maximum atomic E-state index is 14.3. The van der Waals surface area contributed by atoms with E-state index in [1.807, 2.05) is 0 Å². The number of carboxylic acid groups (broad SMARTS) is 3. The van der Waals surface area contributed by atoms with Crippen molar-refractivity contribution in [3.8, 4) is 23.6 Å². The van der Waals surface area contributed by atoms with Gasteiger partial charge in [0, 0.05) is 147 Å². The van der Waals surface area contributed by atoms with Gasteiger partial charge in [0.05, 0.1) is 113 Å². The highest BCUT2D eigenvalue weighted by Gasteiger charge is 2.48. The minimum atomic E-state index is -3.23. The average molecular weight is 1690 g/mol. The summed E-state index contributed by atoms with van der Waals surface area (Å²) in [6, 6.07) is 12.6. The number of nitrogens with zero attached hydrogens (tertiary/aromatic N) is 12. The van der Waals surface area contributed by atoms with E-state index in [9.17, 15) is 111 Å². The van der Waals surface area contributed by atoms with Gasteiger partial charge in [-0.05, 0) is 80.6 Å². The molecule has 3 atom stereocenters. The Balaban J connectivity index is 0.694. The first-order chi connectivity index (χ1) is 57.9. The van der Waals surface area contributed by atoms with E-state index in [1.54, 1.807) is 77.9 Å². The number of hydrogen-bond donors (Lipinski definition) is 11. The third-order valence-corrected chi connectivity index (χ3v) is 20.9. The molecule has 0 aliphatic carbocycles. The van der Waals surface area contributed by atoms with Crippen LogP contribution in [-0.2, 0) is 38.4 Å². The summed E-state index contributed by atoms with van der Waals surface area (Å²) in [5.41, 5.74) is -1.97. The van der Waals surface area contributed by atoms with Crippen molar-refractivity contribution in [2.45, 2.75) is 74.9 Å². The monoisotopic (exact) mass is 1690 g/mol. The topological polar surface area (TPSA) is 514 Å². The number of amides is 7. The van der Waals surface area contributed by atoms with Crippen LogP contribution in [0.3, 0.4) is 0 Å². The van der Waals surface area contributed by atoms with Crippen LogP contribution >= 0.6 is 0 Å². The number of unbranched alkanes of at least 4 members (excludes halogenated alkanes) is 2. The van der Waals surface area contributed by atoms with Crippen LogP contribution < -0.4 is 73.7 Å².